The van der Waals surface area contributed by atoms with Crippen molar-refractivity contribution in [1.82, 2.24) is 0 Å². The quantitative estimate of drug-likeness (QED) is 0.839. The number of methoxy groups -OCH3 is 2. The Morgan fingerprint density at radius 3 is 2.25 bits per heavy atom. The summed E-state index contributed by atoms with van der Waals surface area (Å²) in [5.41, 5.74) is 0.766. The highest BCUT2D eigenvalue weighted by Gasteiger charge is 2.40. The van der Waals surface area contributed by atoms with Crippen LogP contribution in [0.1, 0.15) is 11.1 Å². The Bertz CT molecular complexity index is 396. The van der Waals surface area contributed by atoms with Crippen LogP contribution in [0.15, 0.2) is 12.1 Å². The Balaban J connectivity index is 2.49. The van der Waals surface area contributed by atoms with Crippen molar-refractivity contribution in [2.45, 2.75) is 12.5 Å². The van der Waals surface area contributed by atoms with Gasteiger partial charge in [0, 0.05) is 5.56 Å². The molecule has 1 aliphatic heterocycles. The number of aliphatic hydroxyl groups is 1. The van der Waals surface area contributed by atoms with E-state index in [4.69, 9.17) is 14.2 Å². The molecule has 1 aromatic carbocycles. The fourth-order valence-electron chi connectivity index (χ4n) is 1.86. The molecule has 4 nitrogen and oxygen atoms in total. The maximum atomic E-state index is 10.2. The van der Waals surface area contributed by atoms with E-state index in [-0.39, 0.29) is 0 Å². The maximum absolute atomic E-state index is 10.2. The van der Waals surface area contributed by atoms with Crippen molar-refractivity contribution in [3.8, 4) is 11.5 Å². The average Bonchev–Trinajstić information content (AvgIpc) is 2.25. The summed E-state index contributed by atoms with van der Waals surface area (Å²) in [7, 11) is 3.20. The number of rotatable bonds is 3. The molecule has 0 bridgehead atoms. The molecule has 1 N–H and O–H groups in total. The summed E-state index contributed by atoms with van der Waals surface area (Å²) in [5, 5.41) is 10.2. The van der Waals surface area contributed by atoms with E-state index in [0.29, 0.717) is 19.0 Å². The molecule has 1 aromatic rings. The van der Waals surface area contributed by atoms with E-state index in [2.05, 4.69) is 0 Å². The van der Waals surface area contributed by atoms with Gasteiger partial charge in [-0.2, -0.15) is 0 Å². The smallest absolute Gasteiger partial charge is 0.140 e. The Morgan fingerprint density at radius 1 is 1.19 bits per heavy atom. The minimum Gasteiger partial charge on any atom is -0.496 e. The standard InChI is InChI=1S/C12H16O4/c1-8-4-11(15-3)9(5-10(8)14-2)12(13)6-16-7-12/h4-5,13H,6-7H2,1-3H3. The fraction of sp³-hybridized carbons (Fsp3) is 0.500. The highest BCUT2D eigenvalue weighted by molar-refractivity contribution is 5.49. The molecule has 1 fully saturated rings. The van der Waals surface area contributed by atoms with Gasteiger partial charge in [0.1, 0.15) is 17.1 Å². The molecule has 2 rings (SSSR count). The maximum Gasteiger partial charge on any atom is 0.140 e. The van der Waals surface area contributed by atoms with Crippen molar-refractivity contribution < 1.29 is 19.3 Å². The van der Waals surface area contributed by atoms with E-state index in [0.717, 1.165) is 16.9 Å². The van der Waals surface area contributed by atoms with Crippen LogP contribution in [0.5, 0.6) is 11.5 Å². The van der Waals surface area contributed by atoms with Crippen molar-refractivity contribution in [3.63, 3.8) is 0 Å². The van der Waals surface area contributed by atoms with Gasteiger partial charge < -0.3 is 19.3 Å². The van der Waals surface area contributed by atoms with E-state index >= 15 is 0 Å². The lowest BCUT2D eigenvalue weighted by Gasteiger charge is -2.37. The number of aryl methyl sites for hydroxylation is 1. The number of hydrogen-bond acceptors (Lipinski definition) is 4. The van der Waals surface area contributed by atoms with Crippen LogP contribution < -0.4 is 9.47 Å². The Hall–Kier alpha value is -1.26. The van der Waals surface area contributed by atoms with E-state index in [1.54, 1.807) is 14.2 Å². The summed E-state index contributed by atoms with van der Waals surface area (Å²) in [5.74, 6) is 1.42. The van der Waals surface area contributed by atoms with Crippen molar-refractivity contribution in [2.24, 2.45) is 0 Å². The minimum absolute atomic E-state index is 0.301. The summed E-state index contributed by atoms with van der Waals surface area (Å²) in [6.45, 7) is 2.54. The van der Waals surface area contributed by atoms with Gasteiger partial charge in [0.2, 0.25) is 0 Å². The fourth-order valence-corrected chi connectivity index (χ4v) is 1.86. The monoisotopic (exact) mass is 224 g/mol. The summed E-state index contributed by atoms with van der Waals surface area (Å²) in [6.07, 6.45) is 0. The molecule has 1 heterocycles. The first-order valence-corrected chi connectivity index (χ1v) is 5.14. The van der Waals surface area contributed by atoms with Crippen molar-refractivity contribution >= 4 is 0 Å². The highest BCUT2D eigenvalue weighted by atomic mass is 16.5. The molecule has 0 amide bonds. The molecule has 0 unspecified atom stereocenters. The molecule has 0 aromatic heterocycles. The lowest BCUT2D eigenvalue weighted by atomic mass is 9.90. The van der Waals surface area contributed by atoms with Gasteiger partial charge in [-0.1, -0.05) is 0 Å². The lowest BCUT2D eigenvalue weighted by molar-refractivity contribution is -0.185. The lowest BCUT2D eigenvalue weighted by Crippen LogP contribution is -2.46. The van der Waals surface area contributed by atoms with Crippen LogP contribution in [0, 0.1) is 6.92 Å². The zero-order valence-electron chi connectivity index (χ0n) is 9.74. The van der Waals surface area contributed by atoms with Crippen LogP contribution in [0.4, 0.5) is 0 Å². The predicted octanol–water partition coefficient (Wildman–Crippen LogP) is 1.23. The molecule has 0 radical (unpaired) electrons. The van der Waals surface area contributed by atoms with Crippen LogP contribution in [0.3, 0.4) is 0 Å². The first-order chi connectivity index (χ1) is 7.60. The van der Waals surface area contributed by atoms with Gasteiger partial charge in [-0.05, 0) is 24.6 Å². The Labute approximate surface area is 94.8 Å². The predicted molar refractivity (Wildman–Crippen MR) is 59.0 cm³/mol. The first-order valence-electron chi connectivity index (χ1n) is 5.14. The van der Waals surface area contributed by atoms with Gasteiger partial charge >= 0.3 is 0 Å². The molecule has 1 aliphatic rings. The second kappa shape index (κ2) is 3.96. The van der Waals surface area contributed by atoms with Crippen LogP contribution in [-0.4, -0.2) is 32.5 Å². The normalized spacial score (nSPS) is 17.8. The zero-order chi connectivity index (χ0) is 11.8. The third-order valence-corrected chi connectivity index (χ3v) is 2.90. The molecule has 4 heteroatoms. The van der Waals surface area contributed by atoms with Gasteiger partial charge in [0.15, 0.2) is 0 Å². The summed E-state index contributed by atoms with van der Waals surface area (Å²) >= 11 is 0. The highest BCUT2D eigenvalue weighted by Crippen LogP contribution is 2.39. The molecular weight excluding hydrogens is 208 g/mol. The molecule has 1 saturated heterocycles. The zero-order valence-corrected chi connectivity index (χ0v) is 9.74. The molecule has 0 saturated carbocycles. The number of benzene rings is 1. The molecule has 0 spiro atoms. The van der Waals surface area contributed by atoms with Crippen molar-refractivity contribution in [2.75, 3.05) is 27.4 Å². The summed E-state index contributed by atoms with van der Waals surface area (Å²) in [4.78, 5) is 0. The summed E-state index contributed by atoms with van der Waals surface area (Å²) < 4.78 is 15.6. The number of hydrogen-bond donors (Lipinski definition) is 1. The largest absolute Gasteiger partial charge is 0.496 e. The molecule has 16 heavy (non-hydrogen) atoms. The van der Waals surface area contributed by atoms with Crippen LogP contribution >= 0.6 is 0 Å². The molecule has 0 aliphatic carbocycles. The van der Waals surface area contributed by atoms with E-state index in [1.807, 2.05) is 19.1 Å². The van der Waals surface area contributed by atoms with Crippen molar-refractivity contribution in [3.05, 3.63) is 23.3 Å². The van der Waals surface area contributed by atoms with Crippen LogP contribution in [0.2, 0.25) is 0 Å². The third-order valence-electron chi connectivity index (χ3n) is 2.90. The van der Waals surface area contributed by atoms with E-state index < -0.39 is 5.60 Å². The number of ether oxygens (including phenoxy) is 3. The molecule has 0 atom stereocenters. The van der Waals surface area contributed by atoms with Crippen molar-refractivity contribution in [1.29, 1.82) is 0 Å². The molecule has 88 valence electrons. The van der Waals surface area contributed by atoms with Gasteiger partial charge in [-0.25, -0.2) is 0 Å². The SMILES string of the molecule is COc1cc(C2(O)COC2)c(OC)cc1C. The Morgan fingerprint density at radius 2 is 1.81 bits per heavy atom. The van der Waals surface area contributed by atoms with Crippen LogP contribution in [0.25, 0.3) is 0 Å². The second-order valence-electron chi connectivity index (χ2n) is 4.05. The third kappa shape index (κ3) is 1.64. The minimum atomic E-state index is -0.938. The first kappa shape index (κ1) is 11.2. The molecular formula is C12H16O4. The summed E-state index contributed by atoms with van der Waals surface area (Å²) in [6, 6.07) is 3.68. The van der Waals surface area contributed by atoms with Gasteiger partial charge in [0.05, 0.1) is 27.4 Å². The van der Waals surface area contributed by atoms with Gasteiger partial charge in [-0.15, -0.1) is 0 Å². The average molecular weight is 224 g/mol. The topological polar surface area (TPSA) is 47.9 Å². The van der Waals surface area contributed by atoms with Crippen LogP contribution in [-0.2, 0) is 10.3 Å². The Kier molecular flexibility index (Phi) is 2.78. The van der Waals surface area contributed by atoms with E-state index in [1.165, 1.54) is 0 Å². The second-order valence-corrected chi connectivity index (χ2v) is 4.05. The van der Waals surface area contributed by atoms with Gasteiger partial charge in [-0.3, -0.25) is 0 Å². The van der Waals surface area contributed by atoms with E-state index in [9.17, 15) is 5.11 Å². The van der Waals surface area contributed by atoms with Gasteiger partial charge in [0.25, 0.3) is 0 Å².